The maximum Gasteiger partial charge on any atom is 0.0426 e. The van der Waals surface area contributed by atoms with Gasteiger partial charge in [0.25, 0.3) is 0 Å². The van der Waals surface area contributed by atoms with Crippen LogP contribution < -0.4 is 0 Å². The van der Waals surface area contributed by atoms with Gasteiger partial charge in [-0.1, -0.05) is 24.3 Å². The molecule has 0 radical (unpaired) electrons. The van der Waals surface area contributed by atoms with Crippen molar-refractivity contribution in [1.82, 2.24) is 0 Å². The summed E-state index contributed by atoms with van der Waals surface area (Å²) < 4.78 is 8.56. The van der Waals surface area contributed by atoms with Gasteiger partial charge in [0.05, 0.1) is 0 Å². The third-order valence-electron chi connectivity index (χ3n) is 3.49. The summed E-state index contributed by atoms with van der Waals surface area (Å²) in [6.45, 7) is 4.22. The van der Waals surface area contributed by atoms with Crippen LogP contribution in [0.15, 0.2) is 45.2 Å². The molecule has 2 aromatic carbocycles. The molecule has 0 spiro atoms. The average Bonchev–Trinajstić information content (AvgIpc) is 2.53. The molecule has 0 aliphatic rings. The van der Waals surface area contributed by atoms with Crippen molar-refractivity contribution in [2.75, 3.05) is 12.5 Å². The predicted molar refractivity (Wildman–Crippen MR) is 104 cm³/mol. The number of benzene rings is 2. The van der Waals surface area contributed by atoms with Gasteiger partial charge < -0.3 is 0 Å². The van der Waals surface area contributed by atoms with Gasteiger partial charge >= 0.3 is 0 Å². The number of hydrogen-bond donors (Lipinski definition) is 0. The van der Waals surface area contributed by atoms with E-state index < -0.39 is 0 Å². The highest BCUT2D eigenvalue weighted by Gasteiger charge is 2.04. The lowest BCUT2D eigenvalue weighted by Crippen LogP contribution is -1.91. The van der Waals surface area contributed by atoms with E-state index in [1.165, 1.54) is 46.1 Å². The third kappa shape index (κ3) is 4.24. The SMILES string of the molecule is CSN=Cc1cc(-c2ccc(C)c(C=NSC)c2)ccc1C. The van der Waals surface area contributed by atoms with Gasteiger partial charge in [-0.05, 0) is 83.3 Å². The minimum absolute atomic E-state index is 1.16. The molecule has 114 valence electrons. The van der Waals surface area contributed by atoms with Crippen LogP contribution in [0.5, 0.6) is 0 Å². The van der Waals surface area contributed by atoms with Crippen molar-refractivity contribution in [2.45, 2.75) is 13.8 Å². The minimum Gasteiger partial charge on any atom is -0.224 e. The smallest absolute Gasteiger partial charge is 0.0426 e. The molecule has 22 heavy (non-hydrogen) atoms. The molecule has 0 amide bonds. The zero-order chi connectivity index (χ0) is 15.9. The van der Waals surface area contributed by atoms with Crippen LogP contribution in [0, 0.1) is 13.8 Å². The number of hydrogen-bond acceptors (Lipinski definition) is 4. The Bertz CT molecular complexity index is 645. The van der Waals surface area contributed by atoms with E-state index in [4.69, 9.17) is 0 Å². The normalized spacial score (nSPS) is 11.6. The molecule has 0 bridgehead atoms. The van der Waals surface area contributed by atoms with Crippen molar-refractivity contribution in [3.8, 4) is 11.1 Å². The first kappa shape index (κ1) is 16.8. The van der Waals surface area contributed by atoms with Crippen LogP contribution >= 0.6 is 23.9 Å². The Labute approximate surface area is 141 Å². The van der Waals surface area contributed by atoms with Crippen LogP contribution in [0.1, 0.15) is 22.3 Å². The van der Waals surface area contributed by atoms with E-state index in [9.17, 15) is 0 Å². The van der Waals surface area contributed by atoms with Gasteiger partial charge in [0.2, 0.25) is 0 Å². The molecule has 2 aromatic rings. The van der Waals surface area contributed by atoms with Crippen molar-refractivity contribution < 1.29 is 0 Å². The van der Waals surface area contributed by atoms with Gasteiger partial charge in [0, 0.05) is 24.9 Å². The molecule has 2 nitrogen and oxygen atoms in total. The first-order valence-corrected chi connectivity index (χ1v) is 9.36. The summed E-state index contributed by atoms with van der Waals surface area (Å²) in [5.74, 6) is 0. The monoisotopic (exact) mass is 328 g/mol. The highest BCUT2D eigenvalue weighted by Crippen LogP contribution is 2.24. The molecule has 0 aromatic heterocycles. The highest BCUT2D eigenvalue weighted by atomic mass is 32.2. The average molecular weight is 329 g/mol. The van der Waals surface area contributed by atoms with Crippen molar-refractivity contribution in [2.24, 2.45) is 8.80 Å². The van der Waals surface area contributed by atoms with Crippen LogP contribution in [0.25, 0.3) is 11.1 Å². The summed E-state index contributed by atoms with van der Waals surface area (Å²) in [7, 11) is 0. The number of rotatable bonds is 5. The Morgan fingerprint density at radius 3 is 1.50 bits per heavy atom. The first-order chi connectivity index (χ1) is 10.7. The van der Waals surface area contributed by atoms with Gasteiger partial charge in [0.1, 0.15) is 0 Å². The zero-order valence-corrected chi connectivity index (χ0v) is 15.0. The molecule has 0 fully saturated rings. The van der Waals surface area contributed by atoms with Gasteiger partial charge in [-0.15, -0.1) is 0 Å². The van der Waals surface area contributed by atoms with Crippen LogP contribution in [0.4, 0.5) is 0 Å². The van der Waals surface area contributed by atoms with Gasteiger partial charge in [-0.2, -0.15) is 0 Å². The fraction of sp³-hybridized carbons (Fsp3) is 0.222. The third-order valence-corrected chi connectivity index (χ3v) is 4.12. The maximum atomic E-state index is 4.28. The van der Waals surface area contributed by atoms with Crippen molar-refractivity contribution in [1.29, 1.82) is 0 Å². The van der Waals surface area contributed by atoms with E-state index in [1.807, 2.05) is 24.9 Å². The van der Waals surface area contributed by atoms with Crippen LogP contribution in [-0.4, -0.2) is 24.9 Å². The van der Waals surface area contributed by atoms with E-state index in [0.717, 1.165) is 11.1 Å². The first-order valence-electron chi connectivity index (χ1n) is 7.00. The molecule has 4 heteroatoms. The number of nitrogens with zero attached hydrogens (tertiary/aromatic N) is 2. The topological polar surface area (TPSA) is 24.7 Å². The summed E-state index contributed by atoms with van der Waals surface area (Å²) in [5.41, 5.74) is 7.19. The molecular formula is C18H20N2S2. The summed E-state index contributed by atoms with van der Waals surface area (Å²) >= 11 is 2.94. The molecule has 0 heterocycles. The van der Waals surface area contributed by atoms with E-state index in [2.05, 4.69) is 59.0 Å². The van der Waals surface area contributed by atoms with Gasteiger partial charge in [0.15, 0.2) is 0 Å². The minimum atomic E-state index is 1.16. The largest absolute Gasteiger partial charge is 0.224 e. The predicted octanol–water partition coefficient (Wildman–Crippen LogP) is 5.36. The molecule has 0 aliphatic heterocycles. The zero-order valence-electron chi connectivity index (χ0n) is 13.3. The Balaban J connectivity index is 2.43. The van der Waals surface area contributed by atoms with Gasteiger partial charge in [-0.25, -0.2) is 8.80 Å². The van der Waals surface area contributed by atoms with Crippen molar-refractivity contribution in [3.05, 3.63) is 58.7 Å². The lowest BCUT2D eigenvalue weighted by molar-refractivity contribution is 1.42. The number of aryl methyl sites for hydroxylation is 2. The van der Waals surface area contributed by atoms with Crippen molar-refractivity contribution in [3.63, 3.8) is 0 Å². The second-order valence-electron chi connectivity index (χ2n) is 4.98. The summed E-state index contributed by atoms with van der Waals surface area (Å²) in [6, 6.07) is 13.0. The van der Waals surface area contributed by atoms with Gasteiger partial charge in [-0.3, -0.25) is 0 Å². The van der Waals surface area contributed by atoms with Crippen LogP contribution in [0.3, 0.4) is 0 Å². The summed E-state index contributed by atoms with van der Waals surface area (Å²) in [5, 5.41) is 0. The second-order valence-corrected chi connectivity index (χ2v) is 6.13. The van der Waals surface area contributed by atoms with E-state index in [1.54, 1.807) is 0 Å². The Morgan fingerprint density at radius 1 is 0.727 bits per heavy atom. The van der Waals surface area contributed by atoms with Crippen LogP contribution in [0.2, 0.25) is 0 Å². The van der Waals surface area contributed by atoms with E-state index in [-0.39, 0.29) is 0 Å². The van der Waals surface area contributed by atoms with E-state index in [0.29, 0.717) is 0 Å². The lowest BCUT2D eigenvalue weighted by atomic mass is 9.97. The fourth-order valence-corrected chi connectivity index (χ4v) is 2.58. The molecule has 0 saturated heterocycles. The molecular weight excluding hydrogens is 308 g/mol. The molecule has 2 rings (SSSR count). The van der Waals surface area contributed by atoms with E-state index >= 15 is 0 Å². The van der Waals surface area contributed by atoms with Crippen molar-refractivity contribution >= 4 is 36.3 Å². The fourth-order valence-electron chi connectivity index (χ4n) is 2.14. The Kier molecular flexibility index (Phi) is 6.28. The second kappa shape index (κ2) is 8.20. The summed E-state index contributed by atoms with van der Waals surface area (Å²) in [4.78, 5) is 0. The summed E-state index contributed by atoms with van der Waals surface area (Å²) in [6.07, 6.45) is 7.78. The molecule has 0 unspecified atom stereocenters. The standard InChI is InChI=1S/C18H20N2S2/c1-13-5-7-15(9-17(13)11-19-21-3)16-8-6-14(2)18(10-16)12-20-22-4/h5-12H,1-4H3. The molecule has 0 N–H and O–H groups in total. The molecule has 0 atom stereocenters. The lowest BCUT2D eigenvalue weighted by Gasteiger charge is -2.08. The maximum absolute atomic E-state index is 4.28. The Morgan fingerprint density at radius 2 is 1.14 bits per heavy atom. The highest BCUT2D eigenvalue weighted by molar-refractivity contribution is 7.97. The molecule has 0 saturated carbocycles. The molecule has 0 aliphatic carbocycles. The van der Waals surface area contributed by atoms with Crippen LogP contribution in [-0.2, 0) is 0 Å². The quantitative estimate of drug-likeness (QED) is 0.545. The Hall–Kier alpha value is -1.52.